The van der Waals surface area contributed by atoms with E-state index >= 15 is 0 Å². The van der Waals surface area contributed by atoms with Crippen molar-refractivity contribution in [2.24, 2.45) is 0 Å². The summed E-state index contributed by atoms with van der Waals surface area (Å²) in [6.07, 6.45) is 3.52. The number of halogens is 1. The number of rotatable bonds is 1. The van der Waals surface area contributed by atoms with Crippen LogP contribution in [0.5, 0.6) is 0 Å². The second-order valence-electron chi connectivity index (χ2n) is 2.74. The molecule has 66 valence electrons. The third-order valence-corrected chi connectivity index (χ3v) is 2.19. The van der Waals surface area contributed by atoms with Crippen molar-refractivity contribution in [3.05, 3.63) is 35.0 Å². The number of hydrogen-bond donors (Lipinski definition) is 1. The number of nitrogens with one attached hydrogen (secondary N) is 1. The average molecular weight is 238 g/mol. The molecule has 2 aromatic rings. The molecule has 0 aliphatic heterocycles. The fourth-order valence-corrected chi connectivity index (χ4v) is 1.69. The Bertz CT molecular complexity index is 408. The van der Waals surface area contributed by atoms with E-state index in [1.54, 1.807) is 12.4 Å². The van der Waals surface area contributed by atoms with Crippen molar-refractivity contribution >= 4 is 15.9 Å². The molecule has 3 nitrogen and oxygen atoms in total. The van der Waals surface area contributed by atoms with E-state index in [1.165, 1.54) is 0 Å². The summed E-state index contributed by atoms with van der Waals surface area (Å²) < 4.78 is 0.761. The third kappa shape index (κ3) is 1.62. The Balaban J connectivity index is 2.53. The van der Waals surface area contributed by atoms with E-state index in [0.717, 1.165) is 21.7 Å². The average Bonchev–Trinajstić information content (AvgIpc) is 2.47. The first-order valence-electron chi connectivity index (χ1n) is 3.90. The molecule has 0 spiro atoms. The highest BCUT2D eigenvalue weighted by atomic mass is 79.9. The van der Waals surface area contributed by atoms with Gasteiger partial charge in [0.15, 0.2) is 4.73 Å². The van der Waals surface area contributed by atoms with Crippen LogP contribution >= 0.6 is 15.9 Å². The molecular weight excluding hydrogens is 230 g/mol. The lowest BCUT2D eigenvalue weighted by Crippen LogP contribution is -1.80. The summed E-state index contributed by atoms with van der Waals surface area (Å²) in [4.78, 5) is 11.4. The lowest BCUT2D eigenvalue weighted by Gasteiger charge is -1.95. The number of imidazole rings is 1. The third-order valence-electron chi connectivity index (χ3n) is 1.81. The second kappa shape index (κ2) is 3.30. The highest BCUT2D eigenvalue weighted by molar-refractivity contribution is 9.10. The number of nitrogens with zero attached hydrogens (tertiary/aromatic N) is 2. The Morgan fingerprint density at radius 2 is 2.00 bits per heavy atom. The van der Waals surface area contributed by atoms with Crippen LogP contribution in [0.15, 0.2) is 29.3 Å². The first-order valence-corrected chi connectivity index (χ1v) is 4.69. The van der Waals surface area contributed by atoms with Gasteiger partial charge in [0.05, 0.1) is 5.69 Å². The van der Waals surface area contributed by atoms with Crippen LogP contribution < -0.4 is 0 Å². The van der Waals surface area contributed by atoms with Crippen molar-refractivity contribution in [3.63, 3.8) is 0 Å². The van der Waals surface area contributed by atoms with Crippen LogP contribution in [0.25, 0.3) is 11.3 Å². The van der Waals surface area contributed by atoms with Gasteiger partial charge >= 0.3 is 0 Å². The van der Waals surface area contributed by atoms with Gasteiger partial charge in [-0.05, 0) is 35.0 Å². The lowest BCUT2D eigenvalue weighted by molar-refractivity contribution is 1.20. The summed E-state index contributed by atoms with van der Waals surface area (Å²) in [6, 6.07) is 3.88. The molecule has 0 fully saturated rings. The topological polar surface area (TPSA) is 41.6 Å². The molecule has 0 atom stereocenters. The largest absolute Gasteiger partial charge is 0.336 e. The second-order valence-corrected chi connectivity index (χ2v) is 3.49. The van der Waals surface area contributed by atoms with Gasteiger partial charge in [-0.3, -0.25) is 4.98 Å². The van der Waals surface area contributed by atoms with Gasteiger partial charge in [-0.15, -0.1) is 0 Å². The Morgan fingerprint density at radius 3 is 2.54 bits per heavy atom. The minimum Gasteiger partial charge on any atom is -0.336 e. The zero-order valence-electron chi connectivity index (χ0n) is 7.08. The van der Waals surface area contributed by atoms with Crippen molar-refractivity contribution in [2.45, 2.75) is 6.92 Å². The first-order chi connectivity index (χ1) is 6.27. The summed E-state index contributed by atoms with van der Waals surface area (Å²) in [6.45, 7) is 1.99. The fraction of sp³-hybridized carbons (Fsp3) is 0.111. The molecule has 0 radical (unpaired) electrons. The standard InChI is InChI=1S/C9H8BrN3/c1-6-8(13-9(10)12-6)7-2-4-11-5-3-7/h2-5H,1H3,(H,12,13). The number of pyridine rings is 1. The van der Waals surface area contributed by atoms with Crippen molar-refractivity contribution in [1.29, 1.82) is 0 Å². The van der Waals surface area contributed by atoms with Gasteiger partial charge in [-0.25, -0.2) is 4.98 Å². The molecule has 2 heterocycles. The number of aryl methyl sites for hydroxylation is 1. The van der Waals surface area contributed by atoms with Gasteiger partial charge in [0.25, 0.3) is 0 Å². The lowest BCUT2D eigenvalue weighted by atomic mass is 10.2. The molecule has 2 aromatic heterocycles. The molecule has 0 aromatic carbocycles. The number of H-pyrrole nitrogens is 1. The first kappa shape index (κ1) is 8.44. The highest BCUT2D eigenvalue weighted by Crippen LogP contribution is 2.21. The fourth-order valence-electron chi connectivity index (χ4n) is 1.21. The predicted octanol–water partition coefficient (Wildman–Crippen LogP) is 2.54. The minimum absolute atomic E-state index is 0.761. The van der Waals surface area contributed by atoms with Crippen LogP contribution in [-0.4, -0.2) is 15.0 Å². The summed E-state index contributed by atoms with van der Waals surface area (Å²) in [7, 11) is 0. The van der Waals surface area contributed by atoms with E-state index in [2.05, 4.69) is 30.9 Å². The van der Waals surface area contributed by atoms with E-state index in [1.807, 2.05) is 19.1 Å². The molecule has 13 heavy (non-hydrogen) atoms. The van der Waals surface area contributed by atoms with Crippen LogP contribution in [0.2, 0.25) is 0 Å². The molecule has 2 rings (SSSR count). The van der Waals surface area contributed by atoms with Gasteiger partial charge in [-0.2, -0.15) is 0 Å². The van der Waals surface area contributed by atoms with E-state index in [9.17, 15) is 0 Å². The van der Waals surface area contributed by atoms with Crippen molar-refractivity contribution < 1.29 is 0 Å². The van der Waals surface area contributed by atoms with E-state index in [0.29, 0.717) is 0 Å². The van der Waals surface area contributed by atoms with Gasteiger partial charge < -0.3 is 4.98 Å². The van der Waals surface area contributed by atoms with Crippen LogP contribution in [0, 0.1) is 6.92 Å². The monoisotopic (exact) mass is 237 g/mol. The van der Waals surface area contributed by atoms with Crippen molar-refractivity contribution in [1.82, 2.24) is 15.0 Å². The van der Waals surface area contributed by atoms with Gasteiger partial charge in [0, 0.05) is 23.7 Å². The summed E-state index contributed by atoms with van der Waals surface area (Å²) in [5.41, 5.74) is 3.10. The molecule has 0 aliphatic rings. The normalized spacial score (nSPS) is 10.3. The van der Waals surface area contributed by atoms with Crippen molar-refractivity contribution in [2.75, 3.05) is 0 Å². The summed E-state index contributed by atoms with van der Waals surface area (Å²) in [5, 5.41) is 0. The quantitative estimate of drug-likeness (QED) is 0.829. The number of aromatic nitrogens is 3. The zero-order chi connectivity index (χ0) is 9.26. The Kier molecular flexibility index (Phi) is 2.14. The molecule has 4 heteroatoms. The zero-order valence-corrected chi connectivity index (χ0v) is 8.67. The highest BCUT2D eigenvalue weighted by Gasteiger charge is 2.05. The van der Waals surface area contributed by atoms with Crippen LogP contribution in [0.3, 0.4) is 0 Å². The number of aromatic amines is 1. The Hall–Kier alpha value is -1.16. The van der Waals surface area contributed by atoms with Crippen LogP contribution in [0.1, 0.15) is 5.69 Å². The van der Waals surface area contributed by atoms with Gasteiger partial charge in [-0.1, -0.05) is 0 Å². The van der Waals surface area contributed by atoms with E-state index in [4.69, 9.17) is 0 Å². The van der Waals surface area contributed by atoms with E-state index < -0.39 is 0 Å². The van der Waals surface area contributed by atoms with Crippen LogP contribution in [-0.2, 0) is 0 Å². The van der Waals surface area contributed by atoms with Crippen LogP contribution in [0.4, 0.5) is 0 Å². The maximum absolute atomic E-state index is 4.31. The molecule has 0 saturated carbocycles. The van der Waals surface area contributed by atoms with Gasteiger partial charge in [0.2, 0.25) is 0 Å². The van der Waals surface area contributed by atoms with Crippen molar-refractivity contribution in [3.8, 4) is 11.3 Å². The summed E-state index contributed by atoms with van der Waals surface area (Å²) >= 11 is 3.30. The molecule has 0 unspecified atom stereocenters. The molecule has 0 saturated heterocycles. The minimum atomic E-state index is 0.761. The van der Waals surface area contributed by atoms with Gasteiger partial charge in [0.1, 0.15) is 0 Å². The molecule has 0 aliphatic carbocycles. The maximum Gasteiger partial charge on any atom is 0.175 e. The Labute approximate surface area is 84.4 Å². The molecule has 1 N–H and O–H groups in total. The maximum atomic E-state index is 4.31. The van der Waals surface area contributed by atoms with E-state index in [-0.39, 0.29) is 0 Å². The molecule has 0 amide bonds. The molecule has 0 bridgehead atoms. The summed E-state index contributed by atoms with van der Waals surface area (Å²) in [5.74, 6) is 0. The predicted molar refractivity (Wildman–Crippen MR) is 54.3 cm³/mol. The molecular formula is C9H8BrN3. The Morgan fingerprint density at radius 1 is 1.31 bits per heavy atom. The number of hydrogen-bond acceptors (Lipinski definition) is 2. The smallest absolute Gasteiger partial charge is 0.175 e. The SMILES string of the molecule is Cc1[nH]c(Br)nc1-c1ccncc1.